The summed E-state index contributed by atoms with van der Waals surface area (Å²) in [5.74, 6) is -0.337. The van der Waals surface area contributed by atoms with Crippen molar-refractivity contribution < 1.29 is 9.59 Å². The first-order chi connectivity index (χ1) is 11.7. The second kappa shape index (κ2) is 7.48. The summed E-state index contributed by atoms with van der Waals surface area (Å²) >= 11 is 0. The van der Waals surface area contributed by atoms with Crippen LogP contribution in [0.2, 0.25) is 0 Å². The summed E-state index contributed by atoms with van der Waals surface area (Å²) in [5, 5.41) is 12.8. The van der Waals surface area contributed by atoms with Gasteiger partial charge in [0.05, 0.1) is 6.20 Å². The van der Waals surface area contributed by atoms with Crippen LogP contribution in [-0.2, 0) is 11.8 Å². The topological polar surface area (TPSA) is 88.1 Å². The Balaban J connectivity index is 2.05. The monoisotopic (exact) mass is 343 g/mol. The lowest BCUT2D eigenvalue weighted by Crippen LogP contribution is -2.40. The molecule has 134 valence electrons. The van der Waals surface area contributed by atoms with Gasteiger partial charge in [-0.1, -0.05) is 0 Å². The number of nitrogens with one attached hydrogen (secondary N) is 3. The number of hydrogen-bond donors (Lipinski definition) is 3. The fourth-order valence-corrected chi connectivity index (χ4v) is 2.37. The van der Waals surface area contributed by atoms with Gasteiger partial charge in [-0.25, -0.2) is 0 Å². The van der Waals surface area contributed by atoms with Crippen LogP contribution >= 0.6 is 0 Å². The minimum Gasteiger partial charge on any atom is -0.347 e. The summed E-state index contributed by atoms with van der Waals surface area (Å²) in [5.41, 5.74) is 1.66. The van der Waals surface area contributed by atoms with Crippen molar-refractivity contribution in [1.82, 2.24) is 20.4 Å². The van der Waals surface area contributed by atoms with Gasteiger partial charge in [-0.3, -0.25) is 14.3 Å². The number of carbonyl (C=O) groups excluding carboxylic acids is 2. The zero-order chi connectivity index (χ0) is 18.6. The van der Waals surface area contributed by atoms with Crippen LogP contribution in [0.1, 0.15) is 42.7 Å². The number of amides is 2. The second-order valence-electron chi connectivity index (χ2n) is 6.94. The maximum atomic E-state index is 12.5. The van der Waals surface area contributed by atoms with Crippen LogP contribution in [0.3, 0.4) is 0 Å². The average Bonchev–Trinajstić information content (AvgIpc) is 2.93. The molecule has 1 aromatic carbocycles. The summed E-state index contributed by atoms with van der Waals surface area (Å²) < 4.78 is 1.65. The van der Waals surface area contributed by atoms with Crippen molar-refractivity contribution in [2.75, 3.05) is 12.4 Å². The van der Waals surface area contributed by atoms with E-state index in [1.54, 1.807) is 55.4 Å². The van der Waals surface area contributed by atoms with Gasteiger partial charge < -0.3 is 16.0 Å². The summed E-state index contributed by atoms with van der Waals surface area (Å²) in [4.78, 5) is 24.6. The van der Waals surface area contributed by atoms with Gasteiger partial charge in [0, 0.05) is 35.6 Å². The lowest BCUT2D eigenvalue weighted by Gasteiger charge is -2.20. The number of nitrogens with zero attached hydrogens (tertiary/aromatic N) is 2. The van der Waals surface area contributed by atoms with Crippen molar-refractivity contribution >= 4 is 17.5 Å². The average molecular weight is 343 g/mol. The van der Waals surface area contributed by atoms with E-state index in [0.29, 0.717) is 11.3 Å². The van der Waals surface area contributed by atoms with E-state index in [1.807, 2.05) is 20.8 Å². The number of likely N-dealkylation sites (N-methyl/N-ethyl adjacent to an activating group) is 1. The lowest BCUT2D eigenvalue weighted by molar-refractivity contribution is -0.118. The number of carbonyl (C=O) groups is 2. The SMILES string of the molecule is CNC(C(=O)Nc1ccc(C(=O)NC(C)(C)C)cc1)c1cnn(C)c1. The van der Waals surface area contributed by atoms with E-state index in [0.717, 1.165) is 5.56 Å². The molecular formula is C18H25N5O2. The fraction of sp³-hybridized carbons (Fsp3) is 0.389. The van der Waals surface area contributed by atoms with Crippen molar-refractivity contribution in [2.45, 2.75) is 32.4 Å². The molecule has 2 rings (SSSR count). The Morgan fingerprint density at radius 1 is 1.16 bits per heavy atom. The van der Waals surface area contributed by atoms with Gasteiger partial charge in [-0.2, -0.15) is 5.10 Å². The summed E-state index contributed by atoms with van der Waals surface area (Å²) in [6, 6.07) is 6.30. The number of hydrogen-bond acceptors (Lipinski definition) is 4. The van der Waals surface area contributed by atoms with E-state index in [4.69, 9.17) is 0 Å². The molecule has 0 saturated carbocycles. The molecule has 0 fully saturated rings. The van der Waals surface area contributed by atoms with Crippen LogP contribution in [0, 0.1) is 0 Å². The Morgan fingerprint density at radius 3 is 2.28 bits per heavy atom. The Hall–Kier alpha value is -2.67. The molecule has 1 unspecified atom stereocenters. The Bertz CT molecular complexity index is 744. The Labute approximate surface area is 147 Å². The van der Waals surface area contributed by atoms with Gasteiger partial charge in [-0.05, 0) is 52.1 Å². The van der Waals surface area contributed by atoms with Crippen LogP contribution in [0.25, 0.3) is 0 Å². The highest BCUT2D eigenvalue weighted by atomic mass is 16.2. The zero-order valence-electron chi connectivity index (χ0n) is 15.3. The first-order valence-corrected chi connectivity index (χ1v) is 8.09. The number of aryl methyl sites for hydroxylation is 1. The highest BCUT2D eigenvalue weighted by Gasteiger charge is 2.20. The molecule has 7 heteroatoms. The molecule has 1 heterocycles. The van der Waals surface area contributed by atoms with Crippen molar-refractivity contribution in [3.63, 3.8) is 0 Å². The standard InChI is InChI=1S/C18H25N5O2/c1-18(2,3)22-16(24)12-6-8-14(9-7-12)21-17(25)15(19-4)13-10-20-23(5)11-13/h6-11,15,19H,1-5H3,(H,21,25)(H,22,24). The third-order valence-corrected chi connectivity index (χ3v) is 3.51. The van der Waals surface area contributed by atoms with E-state index < -0.39 is 6.04 Å². The molecule has 1 atom stereocenters. The molecule has 0 saturated heterocycles. The van der Waals surface area contributed by atoms with E-state index in [2.05, 4.69) is 21.0 Å². The van der Waals surface area contributed by atoms with Gasteiger partial charge in [-0.15, -0.1) is 0 Å². The van der Waals surface area contributed by atoms with Gasteiger partial charge in [0.15, 0.2) is 0 Å². The molecule has 1 aromatic heterocycles. The first kappa shape index (κ1) is 18.7. The van der Waals surface area contributed by atoms with E-state index in [9.17, 15) is 9.59 Å². The minimum atomic E-state index is -0.502. The minimum absolute atomic E-state index is 0.145. The molecule has 7 nitrogen and oxygen atoms in total. The largest absolute Gasteiger partial charge is 0.347 e. The number of aromatic nitrogens is 2. The van der Waals surface area contributed by atoms with Crippen LogP contribution in [0.15, 0.2) is 36.7 Å². The summed E-state index contributed by atoms with van der Waals surface area (Å²) in [7, 11) is 3.52. The fourth-order valence-electron chi connectivity index (χ4n) is 2.37. The Morgan fingerprint density at radius 2 is 1.80 bits per heavy atom. The third-order valence-electron chi connectivity index (χ3n) is 3.51. The summed E-state index contributed by atoms with van der Waals surface area (Å²) in [6.07, 6.45) is 3.45. The van der Waals surface area contributed by atoms with E-state index in [-0.39, 0.29) is 17.4 Å². The molecular weight excluding hydrogens is 318 g/mol. The van der Waals surface area contributed by atoms with Crippen molar-refractivity contribution in [2.24, 2.45) is 7.05 Å². The van der Waals surface area contributed by atoms with Crippen molar-refractivity contribution in [1.29, 1.82) is 0 Å². The normalized spacial score (nSPS) is 12.5. The van der Waals surface area contributed by atoms with Crippen LogP contribution in [0.5, 0.6) is 0 Å². The summed E-state index contributed by atoms with van der Waals surface area (Å²) in [6.45, 7) is 5.78. The first-order valence-electron chi connectivity index (χ1n) is 8.09. The maximum Gasteiger partial charge on any atom is 0.251 e. The molecule has 2 aromatic rings. The van der Waals surface area contributed by atoms with E-state index >= 15 is 0 Å². The lowest BCUT2D eigenvalue weighted by atomic mass is 10.1. The van der Waals surface area contributed by atoms with Crippen LogP contribution < -0.4 is 16.0 Å². The van der Waals surface area contributed by atoms with E-state index in [1.165, 1.54) is 0 Å². The van der Waals surface area contributed by atoms with Gasteiger partial charge in [0.25, 0.3) is 5.91 Å². The molecule has 3 N–H and O–H groups in total. The molecule has 0 aliphatic rings. The number of benzene rings is 1. The smallest absolute Gasteiger partial charge is 0.251 e. The molecule has 25 heavy (non-hydrogen) atoms. The number of rotatable bonds is 5. The molecule has 0 radical (unpaired) electrons. The second-order valence-corrected chi connectivity index (χ2v) is 6.94. The number of anilines is 1. The van der Waals surface area contributed by atoms with Crippen LogP contribution in [-0.4, -0.2) is 34.2 Å². The maximum absolute atomic E-state index is 12.5. The predicted octanol–water partition coefficient (Wildman–Crippen LogP) is 1.85. The van der Waals surface area contributed by atoms with Gasteiger partial charge in [0.2, 0.25) is 5.91 Å². The van der Waals surface area contributed by atoms with Crippen LogP contribution in [0.4, 0.5) is 5.69 Å². The molecule has 0 aliphatic heterocycles. The Kier molecular flexibility index (Phi) is 5.58. The molecule has 0 aliphatic carbocycles. The third kappa shape index (κ3) is 5.15. The zero-order valence-corrected chi connectivity index (χ0v) is 15.3. The van der Waals surface area contributed by atoms with Gasteiger partial charge in [0.1, 0.15) is 6.04 Å². The highest BCUT2D eigenvalue weighted by molar-refractivity contribution is 5.97. The predicted molar refractivity (Wildman–Crippen MR) is 97.3 cm³/mol. The molecule has 2 amide bonds. The quantitative estimate of drug-likeness (QED) is 0.773. The molecule has 0 bridgehead atoms. The highest BCUT2D eigenvalue weighted by Crippen LogP contribution is 2.16. The van der Waals surface area contributed by atoms with Crippen molar-refractivity contribution in [3.8, 4) is 0 Å². The van der Waals surface area contributed by atoms with Crippen molar-refractivity contribution in [3.05, 3.63) is 47.8 Å². The van der Waals surface area contributed by atoms with Gasteiger partial charge >= 0.3 is 0 Å². The molecule has 0 spiro atoms.